The summed E-state index contributed by atoms with van der Waals surface area (Å²) in [5.74, 6) is 0.320. The van der Waals surface area contributed by atoms with E-state index in [-0.39, 0.29) is 18.5 Å². The van der Waals surface area contributed by atoms with Crippen molar-refractivity contribution in [3.8, 4) is 0 Å². The summed E-state index contributed by atoms with van der Waals surface area (Å²) < 4.78 is 4.73. The van der Waals surface area contributed by atoms with Crippen LogP contribution in [0.1, 0.15) is 19.8 Å². The van der Waals surface area contributed by atoms with Gasteiger partial charge in [0, 0.05) is 13.2 Å². The van der Waals surface area contributed by atoms with E-state index >= 15 is 0 Å². The van der Waals surface area contributed by atoms with Crippen molar-refractivity contribution in [2.75, 3.05) is 33.4 Å². The third kappa shape index (κ3) is 3.80. The van der Waals surface area contributed by atoms with E-state index in [1.807, 2.05) is 6.92 Å². The molecule has 1 heterocycles. The van der Waals surface area contributed by atoms with Gasteiger partial charge in [-0.15, -0.1) is 0 Å². The predicted molar refractivity (Wildman–Crippen MR) is 57.4 cm³/mol. The average molecular weight is 215 g/mol. The molecule has 0 aromatic rings. The van der Waals surface area contributed by atoms with Crippen LogP contribution in [0.2, 0.25) is 0 Å². The molecule has 1 rings (SSSR count). The highest BCUT2D eigenvalue weighted by Gasteiger charge is 2.25. The summed E-state index contributed by atoms with van der Waals surface area (Å²) in [6, 6.07) is 0. The summed E-state index contributed by atoms with van der Waals surface area (Å²) in [6.07, 6.45) is 1.76. The SMILES string of the molecule is COC(=O)C1CCN(CC(C)CO)CC1. The summed E-state index contributed by atoms with van der Waals surface area (Å²) in [4.78, 5) is 13.6. The number of methoxy groups -OCH3 is 1. The number of rotatable bonds is 4. The van der Waals surface area contributed by atoms with E-state index in [1.165, 1.54) is 7.11 Å². The average Bonchev–Trinajstić information content (AvgIpc) is 2.29. The van der Waals surface area contributed by atoms with Gasteiger partial charge in [0.05, 0.1) is 13.0 Å². The van der Waals surface area contributed by atoms with Crippen LogP contribution in [0.4, 0.5) is 0 Å². The fourth-order valence-corrected chi connectivity index (χ4v) is 2.02. The Kier molecular flexibility index (Phi) is 5.05. The molecule has 4 nitrogen and oxygen atoms in total. The molecule has 0 spiro atoms. The smallest absolute Gasteiger partial charge is 0.308 e. The van der Waals surface area contributed by atoms with E-state index in [0.29, 0.717) is 5.92 Å². The van der Waals surface area contributed by atoms with Crippen molar-refractivity contribution in [1.29, 1.82) is 0 Å². The zero-order chi connectivity index (χ0) is 11.3. The molecule has 1 atom stereocenters. The van der Waals surface area contributed by atoms with E-state index in [4.69, 9.17) is 9.84 Å². The number of aliphatic hydroxyl groups is 1. The van der Waals surface area contributed by atoms with Gasteiger partial charge in [-0.2, -0.15) is 0 Å². The monoisotopic (exact) mass is 215 g/mol. The van der Waals surface area contributed by atoms with Gasteiger partial charge in [-0.05, 0) is 31.8 Å². The highest BCUT2D eigenvalue weighted by molar-refractivity contribution is 5.72. The number of hydrogen-bond donors (Lipinski definition) is 1. The lowest BCUT2D eigenvalue weighted by Crippen LogP contribution is -2.39. The van der Waals surface area contributed by atoms with Crippen molar-refractivity contribution in [1.82, 2.24) is 4.90 Å². The Morgan fingerprint density at radius 1 is 1.53 bits per heavy atom. The fraction of sp³-hybridized carbons (Fsp3) is 0.909. The Hall–Kier alpha value is -0.610. The number of aliphatic hydroxyl groups excluding tert-OH is 1. The van der Waals surface area contributed by atoms with Crippen molar-refractivity contribution < 1.29 is 14.6 Å². The standard InChI is InChI=1S/C11H21NO3/c1-9(8-13)7-12-5-3-10(4-6-12)11(14)15-2/h9-10,13H,3-8H2,1-2H3. The van der Waals surface area contributed by atoms with Gasteiger partial charge in [0.2, 0.25) is 0 Å². The van der Waals surface area contributed by atoms with Crippen LogP contribution in [-0.4, -0.2) is 49.3 Å². The number of ether oxygens (including phenoxy) is 1. The molecule has 0 aliphatic carbocycles. The lowest BCUT2D eigenvalue weighted by Gasteiger charge is -2.31. The van der Waals surface area contributed by atoms with Gasteiger partial charge < -0.3 is 14.7 Å². The molecule has 15 heavy (non-hydrogen) atoms. The molecule has 4 heteroatoms. The van der Waals surface area contributed by atoms with Gasteiger partial charge in [-0.25, -0.2) is 0 Å². The second-order valence-corrected chi connectivity index (χ2v) is 4.39. The zero-order valence-corrected chi connectivity index (χ0v) is 9.61. The van der Waals surface area contributed by atoms with Crippen LogP contribution in [0.5, 0.6) is 0 Å². The molecule has 1 unspecified atom stereocenters. The summed E-state index contributed by atoms with van der Waals surface area (Å²) >= 11 is 0. The molecular formula is C11H21NO3. The third-order valence-electron chi connectivity index (χ3n) is 3.00. The van der Waals surface area contributed by atoms with E-state index in [9.17, 15) is 4.79 Å². The molecule has 0 radical (unpaired) electrons. The van der Waals surface area contributed by atoms with Crippen LogP contribution in [0.25, 0.3) is 0 Å². The minimum atomic E-state index is -0.0788. The normalized spacial score (nSPS) is 21.3. The van der Waals surface area contributed by atoms with Crippen LogP contribution in [-0.2, 0) is 9.53 Å². The van der Waals surface area contributed by atoms with Crippen molar-refractivity contribution in [3.05, 3.63) is 0 Å². The Morgan fingerprint density at radius 2 is 2.13 bits per heavy atom. The number of piperidine rings is 1. The second-order valence-electron chi connectivity index (χ2n) is 4.39. The minimum absolute atomic E-state index is 0.0788. The van der Waals surface area contributed by atoms with Gasteiger partial charge in [-0.3, -0.25) is 4.79 Å². The summed E-state index contributed by atoms with van der Waals surface area (Å²) in [6.45, 7) is 5.06. The molecule has 0 saturated carbocycles. The van der Waals surface area contributed by atoms with Gasteiger partial charge >= 0.3 is 5.97 Å². The van der Waals surface area contributed by atoms with E-state index in [0.717, 1.165) is 32.5 Å². The zero-order valence-electron chi connectivity index (χ0n) is 9.61. The van der Waals surface area contributed by atoms with Gasteiger partial charge in [0.1, 0.15) is 0 Å². The number of carbonyl (C=O) groups is 1. The molecule has 1 aliphatic rings. The molecule has 88 valence electrons. The third-order valence-corrected chi connectivity index (χ3v) is 3.00. The van der Waals surface area contributed by atoms with Gasteiger partial charge in [0.15, 0.2) is 0 Å². The molecule has 0 aromatic carbocycles. The maximum Gasteiger partial charge on any atom is 0.308 e. The number of nitrogens with zero attached hydrogens (tertiary/aromatic N) is 1. The minimum Gasteiger partial charge on any atom is -0.469 e. The first kappa shape index (κ1) is 12.5. The molecule has 1 aliphatic heterocycles. The molecular weight excluding hydrogens is 194 g/mol. The van der Waals surface area contributed by atoms with Gasteiger partial charge in [0.25, 0.3) is 0 Å². The molecule has 1 fully saturated rings. The van der Waals surface area contributed by atoms with E-state index in [2.05, 4.69) is 4.90 Å². The maximum atomic E-state index is 11.3. The summed E-state index contributed by atoms with van der Waals surface area (Å²) in [5, 5.41) is 8.94. The van der Waals surface area contributed by atoms with Crippen LogP contribution < -0.4 is 0 Å². The Balaban J connectivity index is 2.26. The maximum absolute atomic E-state index is 11.3. The van der Waals surface area contributed by atoms with Crippen LogP contribution >= 0.6 is 0 Å². The highest BCUT2D eigenvalue weighted by atomic mass is 16.5. The lowest BCUT2D eigenvalue weighted by molar-refractivity contribution is -0.147. The number of hydrogen-bond acceptors (Lipinski definition) is 4. The quantitative estimate of drug-likeness (QED) is 0.694. The van der Waals surface area contributed by atoms with E-state index < -0.39 is 0 Å². The first-order valence-corrected chi connectivity index (χ1v) is 5.58. The topological polar surface area (TPSA) is 49.8 Å². The number of likely N-dealkylation sites (tertiary alicyclic amines) is 1. The van der Waals surface area contributed by atoms with Crippen molar-refractivity contribution >= 4 is 5.97 Å². The molecule has 0 bridgehead atoms. The van der Waals surface area contributed by atoms with Crippen molar-refractivity contribution in [3.63, 3.8) is 0 Å². The van der Waals surface area contributed by atoms with Crippen molar-refractivity contribution in [2.45, 2.75) is 19.8 Å². The van der Waals surface area contributed by atoms with Crippen LogP contribution in [0, 0.1) is 11.8 Å². The Labute approximate surface area is 91.2 Å². The van der Waals surface area contributed by atoms with Crippen LogP contribution in [0.15, 0.2) is 0 Å². The first-order valence-electron chi connectivity index (χ1n) is 5.58. The summed E-state index contributed by atoms with van der Waals surface area (Å²) in [7, 11) is 1.45. The molecule has 0 amide bonds. The molecule has 0 aromatic heterocycles. The van der Waals surface area contributed by atoms with Gasteiger partial charge in [-0.1, -0.05) is 6.92 Å². The first-order chi connectivity index (χ1) is 7.17. The molecule has 1 N–H and O–H groups in total. The highest BCUT2D eigenvalue weighted by Crippen LogP contribution is 2.18. The predicted octanol–water partition coefficient (Wildman–Crippen LogP) is 0.500. The van der Waals surface area contributed by atoms with E-state index in [1.54, 1.807) is 0 Å². The fourth-order valence-electron chi connectivity index (χ4n) is 2.02. The lowest BCUT2D eigenvalue weighted by atomic mass is 9.96. The molecule has 1 saturated heterocycles. The van der Waals surface area contributed by atoms with Crippen molar-refractivity contribution in [2.24, 2.45) is 11.8 Å². The second kappa shape index (κ2) is 6.08. The van der Waals surface area contributed by atoms with Crippen LogP contribution in [0.3, 0.4) is 0 Å². The number of esters is 1. The number of carbonyl (C=O) groups excluding carboxylic acids is 1. The Morgan fingerprint density at radius 3 is 2.60 bits per heavy atom. The largest absolute Gasteiger partial charge is 0.469 e. The Bertz CT molecular complexity index is 200. The summed E-state index contributed by atoms with van der Waals surface area (Å²) in [5.41, 5.74) is 0.